The summed E-state index contributed by atoms with van der Waals surface area (Å²) < 4.78 is 37.3. The lowest BCUT2D eigenvalue weighted by molar-refractivity contribution is -0.136. The zero-order chi connectivity index (χ0) is 17.3. The number of rotatable bonds is 4. The van der Waals surface area contributed by atoms with Gasteiger partial charge in [-0.15, -0.1) is 0 Å². The van der Waals surface area contributed by atoms with Gasteiger partial charge in [-0.05, 0) is 19.1 Å². The van der Waals surface area contributed by atoms with Gasteiger partial charge in [-0.25, -0.2) is 13.2 Å². The van der Waals surface area contributed by atoms with Gasteiger partial charge in [0.1, 0.15) is 0 Å². The van der Waals surface area contributed by atoms with Crippen LogP contribution in [-0.4, -0.2) is 56.6 Å². The van der Waals surface area contributed by atoms with Crippen LogP contribution in [0.3, 0.4) is 0 Å². The second-order valence-corrected chi connectivity index (χ2v) is 7.17. The maximum absolute atomic E-state index is 12.4. The molecule has 1 fully saturated rings. The minimum absolute atomic E-state index is 0.0839. The second kappa shape index (κ2) is 6.38. The summed E-state index contributed by atoms with van der Waals surface area (Å²) in [5.74, 6) is -0.973. The van der Waals surface area contributed by atoms with E-state index in [9.17, 15) is 18.0 Å². The Morgan fingerprint density at radius 1 is 1.33 bits per heavy atom. The predicted molar refractivity (Wildman–Crippen MR) is 84.0 cm³/mol. The molecule has 2 N–H and O–H groups in total. The Balaban J connectivity index is 1.78. The zero-order valence-electron chi connectivity index (χ0n) is 12.9. The number of fused-ring (bicyclic) bond motifs is 1. The average Bonchev–Trinajstić information content (AvgIpc) is 2.93. The third-order valence-electron chi connectivity index (χ3n) is 3.73. The molecule has 1 aliphatic heterocycles. The molecule has 1 atom stereocenters. The molecule has 1 aromatic carbocycles. The van der Waals surface area contributed by atoms with E-state index in [1.54, 1.807) is 4.90 Å². The molecule has 1 aromatic heterocycles. The predicted octanol–water partition coefficient (Wildman–Crippen LogP) is -0.353. The van der Waals surface area contributed by atoms with Gasteiger partial charge in [0.05, 0.1) is 29.7 Å². The second-order valence-electron chi connectivity index (χ2n) is 5.45. The summed E-state index contributed by atoms with van der Waals surface area (Å²) in [6, 6.07) is 3.09. The molecule has 24 heavy (non-hydrogen) atoms. The Morgan fingerprint density at radius 3 is 2.75 bits per heavy atom. The van der Waals surface area contributed by atoms with E-state index < -0.39 is 21.8 Å². The number of oxazole rings is 1. The van der Waals surface area contributed by atoms with Gasteiger partial charge in [-0.2, -0.15) is 4.72 Å². The highest BCUT2D eigenvalue weighted by Gasteiger charge is 2.27. The molecule has 0 unspecified atom stereocenters. The number of amides is 1. The quantitative estimate of drug-likeness (QED) is 0.773. The van der Waals surface area contributed by atoms with Crippen LogP contribution in [0, 0.1) is 0 Å². The number of sulfonamides is 1. The van der Waals surface area contributed by atoms with Crippen molar-refractivity contribution in [1.29, 1.82) is 0 Å². The normalized spacial score (nSPS) is 17.1. The molecule has 0 saturated carbocycles. The van der Waals surface area contributed by atoms with Crippen molar-refractivity contribution in [3.8, 4) is 0 Å². The number of hydrogen-bond donors (Lipinski definition) is 2. The summed E-state index contributed by atoms with van der Waals surface area (Å²) in [5, 5.41) is 0. The number of ether oxygens (including phenoxy) is 1. The van der Waals surface area contributed by atoms with Crippen molar-refractivity contribution in [2.24, 2.45) is 0 Å². The number of aromatic amines is 1. The summed E-state index contributed by atoms with van der Waals surface area (Å²) in [6.07, 6.45) is 0. The highest BCUT2D eigenvalue weighted by atomic mass is 32.2. The monoisotopic (exact) mass is 355 g/mol. The van der Waals surface area contributed by atoms with E-state index >= 15 is 0 Å². The number of morpholine rings is 1. The SMILES string of the molecule is C[C@@H](NS(=O)(=O)c1ccc2[nH]c(=O)oc2c1)C(=O)N1CCOCC1. The molecule has 9 nitrogen and oxygen atoms in total. The van der Waals surface area contributed by atoms with Crippen LogP contribution in [0.4, 0.5) is 0 Å². The van der Waals surface area contributed by atoms with Crippen LogP contribution in [0.15, 0.2) is 32.3 Å². The highest BCUT2D eigenvalue weighted by Crippen LogP contribution is 2.17. The molecular formula is C14H17N3O6S. The van der Waals surface area contributed by atoms with Crippen LogP contribution < -0.4 is 10.5 Å². The first kappa shape index (κ1) is 16.7. The number of H-pyrrole nitrogens is 1. The van der Waals surface area contributed by atoms with Crippen molar-refractivity contribution in [3.05, 3.63) is 28.7 Å². The summed E-state index contributed by atoms with van der Waals surface area (Å²) in [5.41, 5.74) is 0.534. The molecule has 0 spiro atoms. The minimum Gasteiger partial charge on any atom is -0.408 e. The number of hydrogen-bond acceptors (Lipinski definition) is 6. The maximum atomic E-state index is 12.4. The van der Waals surface area contributed by atoms with Crippen molar-refractivity contribution in [3.63, 3.8) is 0 Å². The molecular weight excluding hydrogens is 338 g/mol. The average molecular weight is 355 g/mol. The number of benzene rings is 1. The van der Waals surface area contributed by atoms with Crippen LogP contribution >= 0.6 is 0 Å². The van der Waals surface area contributed by atoms with Crippen molar-refractivity contribution >= 4 is 27.0 Å². The third kappa shape index (κ3) is 3.35. The van der Waals surface area contributed by atoms with Gasteiger partial charge >= 0.3 is 5.76 Å². The Labute approximate surface area is 137 Å². The van der Waals surface area contributed by atoms with Gasteiger partial charge in [-0.3, -0.25) is 9.78 Å². The van der Waals surface area contributed by atoms with Crippen LogP contribution in [-0.2, 0) is 19.6 Å². The number of aromatic nitrogens is 1. The summed E-state index contributed by atoms with van der Waals surface area (Å²) in [7, 11) is -3.93. The molecule has 2 heterocycles. The van der Waals surface area contributed by atoms with E-state index in [0.717, 1.165) is 0 Å². The Kier molecular flexibility index (Phi) is 4.43. The molecule has 0 bridgehead atoms. The van der Waals surface area contributed by atoms with E-state index in [2.05, 4.69) is 9.71 Å². The smallest absolute Gasteiger partial charge is 0.408 e. The molecule has 1 amide bonds. The molecule has 1 saturated heterocycles. The van der Waals surface area contributed by atoms with Gasteiger partial charge in [-0.1, -0.05) is 0 Å². The third-order valence-corrected chi connectivity index (χ3v) is 5.27. The van der Waals surface area contributed by atoms with E-state index in [4.69, 9.17) is 9.15 Å². The first-order chi connectivity index (χ1) is 11.4. The lowest BCUT2D eigenvalue weighted by Gasteiger charge is -2.29. The zero-order valence-corrected chi connectivity index (χ0v) is 13.8. The molecule has 2 aromatic rings. The molecule has 0 aliphatic carbocycles. The molecule has 3 rings (SSSR count). The van der Waals surface area contributed by atoms with E-state index in [1.165, 1.54) is 25.1 Å². The number of nitrogens with one attached hydrogen (secondary N) is 2. The molecule has 130 valence electrons. The van der Waals surface area contributed by atoms with Crippen LogP contribution in [0.5, 0.6) is 0 Å². The summed E-state index contributed by atoms with van der Waals surface area (Å²) in [4.78, 5) is 27.4. The fourth-order valence-electron chi connectivity index (χ4n) is 2.50. The van der Waals surface area contributed by atoms with Crippen molar-refractivity contribution in [2.75, 3.05) is 26.3 Å². The first-order valence-electron chi connectivity index (χ1n) is 7.38. The topological polar surface area (TPSA) is 122 Å². The van der Waals surface area contributed by atoms with Crippen LogP contribution in [0.2, 0.25) is 0 Å². The Bertz CT molecular complexity index is 910. The van der Waals surface area contributed by atoms with E-state index in [1.807, 2.05) is 0 Å². The fraction of sp³-hybridized carbons (Fsp3) is 0.429. The number of carbonyl (C=O) groups excluding carboxylic acids is 1. The number of nitrogens with zero attached hydrogens (tertiary/aromatic N) is 1. The summed E-state index contributed by atoms with van der Waals surface area (Å²) >= 11 is 0. The molecule has 10 heteroatoms. The van der Waals surface area contributed by atoms with Gasteiger partial charge < -0.3 is 14.1 Å². The lowest BCUT2D eigenvalue weighted by atomic mass is 10.3. The first-order valence-corrected chi connectivity index (χ1v) is 8.87. The largest absolute Gasteiger partial charge is 0.417 e. The van der Waals surface area contributed by atoms with Crippen LogP contribution in [0.1, 0.15) is 6.92 Å². The minimum atomic E-state index is -3.93. The fourth-order valence-corrected chi connectivity index (χ4v) is 3.71. The van der Waals surface area contributed by atoms with E-state index in [0.29, 0.717) is 31.8 Å². The number of carbonyl (C=O) groups is 1. The lowest BCUT2D eigenvalue weighted by Crippen LogP contribution is -2.50. The molecule has 0 radical (unpaired) electrons. The van der Waals surface area contributed by atoms with Crippen LogP contribution in [0.25, 0.3) is 11.1 Å². The van der Waals surface area contributed by atoms with E-state index in [-0.39, 0.29) is 16.4 Å². The molecule has 1 aliphatic rings. The Morgan fingerprint density at radius 2 is 2.04 bits per heavy atom. The highest BCUT2D eigenvalue weighted by molar-refractivity contribution is 7.89. The van der Waals surface area contributed by atoms with Crippen molar-refractivity contribution < 1.29 is 22.4 Å². The van der Waals surface area contributed by atoms with Gasteiger partial charge in [0.2, 0.25) is 15.9 Å². The Hall–Kier alpha value is -2.17. The van der Waals surface area contributed by atoms with Gasteiger partial charge in [0.15, 0.2) is 5.58 Å². The summed E-state index contributed by atoms with van der Waals surface area (Å²) in [6.45, 7) is 3.24. The van der Waals surface area contributed by atoms with Gasteiger partial charge in [0.25, 0.3) is 0 Å². The van der Waals surface area contributed by atoms with Gasteiger partial charge in [0, 0.05) is 19.2 Å². The van der Waals surface area contributed by atoms with Crippen molar-refractivity contribution in [2.45, 2.75) is 17.9 Å². The van der Waals surface area contributed by atoms with Crippen molar-refractivity contribution in [1.82, 2.24) is 14.6 Å². The standard InChI is InChI=1S/C14H17N3O6S/c1-9(13(18)17-4-6-22-7-5-17)16-24(20,21)10-2-3-11-12(8-10)23-14(19)15-11/h2-3,8-9,16H,4-7H2,1H3,(H,15,19)/t9-/m1/s1. The maximum Gasteiger partial charge on any atom is 0.417 e.